The summed E-state index contributed by atoms with van der Waals surface area (Å²) in [4.78, 5) is 2.99. The second-order valence-electron chi connectivity index (χ2n) is 9.02. The highest BCUT2D eigenvalue weighted by atomic mass is 32.2. The van der Waals surface area contributed by atoms with Gasteiger partial charge in [0.15, 0.2) is 0 Å². The van der Waals surface area contributed by atoms with Crippen LogP contribution in [-0.2, 0) is 17.1 Å². The highest BCUT2D eigenvalue weighted by Gasteiger charge is 2.47. The van der Waals surface area contributed by atoms with Gasteiger partial charge in [0.25, 0.3) is 0 Å². The molecule has 162 valence electrons. The van der Waals surface area contributed by atoms with Gasteiger partial charge in [-0.3, -0.25) is 9.58 Å². The Hall–Kier alpha value is -1.90. The van der Waals surface area contributed by atoms with Gasteiger partial charge in [0.2, 0.25) is 10.0 Å². The number of nitrogens with zero attached hydrogens (tertiary/aromatic N) is 4. The number of ether oxygens (including phenoxy) is 1. The number of hydrogen-bond donors (Lipinski definition) is 0. The topological polar surface area (TPSA) is 67.7 Å². The summed E-state index contributed by atoms with van der Waals surface area (Å²) >= 11 is 0. The fourth-order valence-electron chi connectivity index (χ4n) is 5.82. The summed E-state index contributed by atoms with van der Waals surface area (Å²) in [7, 11) is -0.0265. The lowest BCUT2D eigenvalue weighted by Crippen LogP contribution is -2.60. The van der Waals surface area contributed by atoms with E-state index in [0.717, 1.165) is 25.1 Å². The van der Waals surface area contributed by atoms with Gasteiger partial charge in [0, 0.05) is 45.0 Å². The van der Waals surface area contributed by atoms with E-state index in [0.29, 0.717) is 41.9 Å². The monoisotopic (exact) mass is 430 g/mol. The van der Waals surface area contributed by atoms with E-state index in [4.69, 9.17) is 4.74 Å². The highest BCUT2D eigenvalue weighted by molar-refractivity contribution is 7.89. The Labute approximate surface area is 178 Å². The molecule has 7 nitrogen and oxygen atoms in total. The SMILES string of the molecule is COc1ccc([C@H]2CCC[C@H]3[C@@H]4C[C@H](CN23)CN(S(=O)(=O)c2cnn(C)c2)C4)cc1. The molecule has 0 N–H and O–H groups in total. The lowest BCUT2D eigenvalue weighted by molar-refractivity contribution is -0.0416. The van der Waals surface area contributed by atoms with Gasteiger partial charge in [-0.15, -0.1) is 0 Å². The quantitative estimate of drug-likeness (QED) is 0.746. The molecule has 30 heavy (non-hydrogen) atoms. The predicted octanol–water partition coefficient (Wildman–Crippen LogP) is 2.66. The van der Waals surface area contributed by atoms with Crippen molar-refractivity contribution in [3.05, 3.63) is 42.2 Å². The normalized spacial score (nSPS) is 30.1. The average molecular weight is 431 g/mol. The minimum atomic E-state index is -3.48. The summed E-state index contributed by atoms with van der Waals surface area (Å²) in [6.45, 7) is 2.19. The second-order valence-corrected chi connectivity index (χ2v) is 11.0. The molecular weight excluding hydrogens is 400 g/mol. The van der Waals surface area contributed by atoms with Gasteiger partial charge < -0.3 is 4.74 Å². The highest BCUT2D eigenvalue weighted by Crippen LogP contribution is 2.45. The number of aryl methyl sites for hydroxylation is 1. The van der Waals surface area contributed by atoms with Gasteiger partial charge in [-0.1, -0.05) is 12.1 Å². The van der Waals surface area contributed by atoms with Crippen LogP contribution in [0.4, 0.5) is 0 Å². The van der Waals surface area contributed by atoms with Crippen molar-refractivity contribution in [2.24, 2.45) is 18.9 Å². The smallest absolute Gasteiger partial charge is 0.246 e. The number of piperidine rings is 3. The molecule has 0 radical (unpaired) electrons. The van der Waals surface area contributed by atoms with Crippen molar-refractivity contribution < 1.29 is 13.2 Å². The zero-order valence-electron chi connectivity index (χ0n) is 17.6. The Balaban J connectivity index is 1.37. The van der Waals surface area contributed by atoms with Crippen LogP contribution in [-0.4, -0.2) is 60.2 Å². The molecule has 2 bridgehead atoms. The molecule has 0 spiro atoms. The van der Waals surface area contributed by atoms with Crippen LogP contribution in [0.3, 0.4) is 0 Å². The number of benzene rings is 1. The molecule has 3 aliphatic rings. The lowest BCUT2D eigenvalue weighted by atomic mass is 9.74. The summed E-state index contributed by atoms with van der Waals surface area (Å²) in [5.74, 6) is 1.66. The zero-order chi connectivity index (χ0) is 20.9. The van der Waals surface area contributed by atoms with Gasteiger partial charge in [-0.2, -0.15) is 9.40 Å². The van der Waals surface area contributed by atoms with Crippen molar-refractivity contribution in [2.45, 2.75) is 42.7 Å². The van der Waals surface area contributed by atoms with E-state index >= 15 is 0 Å². The number of methoxy groups -OCH3 is 1. The summed E-state index contributed by atoms with van der Waals surface area (Å²) in [6, 6.07) is 9.35. The first-order valence-corrected chi connectivity index (χ1v) is 12.3. The van der Waals surface area contributed by atoms with Crippen LogP contribution >= 0.6 is 0 Å². The molecule has 3 fully saturated rings. The molecule has 8 heteroatoms. The molecule has 5 rings (SSSR count). The van der Waals surface area contributed by atoms with Crippen molar-refractivity contribution >= 4 is 10.0 Å². The predicted molar refractivity (Wildman–Crippen MR) is 114 cm³/mol. The Morgan fingerprint density at radius 2 is 1.90 bits per heavy atom. The summed E-state index contributed by atoms with van der Waals surface area (Å²) in [5, 5.41) is 4.07. The molecule has 4 heterocycles. The molecule has 3 aliphatic heterocycles. The van der Waals surface area contributed by atoms with Crippen LogP contribution in [0.25, 0.3) is 0 Å². The van der Waals surface area contributed by atoms with E-state index in [1.807, 2.05) is 12.1 Å². The standard InChI is InChI=1S/C22H30N4O3S/c1-24-15-20(11-23-24)30(27,28)25-12-16-10-18(14-25)22-5-3-4-21(26(22)13-16)17-6-8-19(29-2)9-7-17/h6-9,11,15-16,18,21-22H,3-5,10,12-14H2,1-2H3/t16-,18+,21+,22-/m0/s1. The minimum Gasteiger partial charge on any atom is -0.497 e. The number of fused-ring (bicyclic) bond motifs is 4. The first kappa shape index (κ1) is 20.0. The maximum Gasteiger partial charge on any atom is 0.246 e. The average Bonchev–Trinajstić information content (AvgIpc) is 3.20. The third kappa shape index (κ3) is 3.44. The van der Waals surface area contributed by atoms with Crippen molar-refractivity contribution in [3.63, 3.8) is 0 Å². The summed E-state index contributed by atoms with van der Waals surface area (Å²) < 4.78 is 35.0. The molecule has 4 atom stereocenters. The van der Waals surface area contributed by atoms with E-state index < -0.39 is 10.0 Å². The third-order valence-electron chi connectivity index (χ3n) is 7.17. The molecule has 1 aromatic carbocycles. The van der Waals surface area contributed by atoms with Crippen LogP contribution in [0.5, 0.6) is 5.75 Å². The molecule has 2 aromatic rings. The van der Waals surface area contributed by atoms with Crippen LogP contribution < -0.4 is 4.74 Å². The van der Waals surface area contributed by atoms with Gasteiger partial charge in [-0.05, 0) is 55.2 Å². The first-order chi connectivity index (χ1) is 14.5. The van der Waals surface area contributed by atoms with Crippen LogP contribution in [0.15, 0.2) is 41.6 Å². The first-order valence-electron chi connectivity index (χ1n) is 10.8. The molecule has 1 aromatic heterocycles. The molecule has 0 aliphatic carbocycles. The third-order valence-corrected chi connectivity index (χ3v) is 8.96. The summed E-state index contributed by atoms with van der Waals surface area (Å²) in [6.07, 6.45) is 7.72. The van der Waals surface area contributed by atoms with Crippen LogP contribution in [0.1, 0.15) is 37.3 Å². The Kier molecular flexibility index (Phi) is 5.11. The van der Waals surface area contributed by atoms with Gasteiger partial charge in [0.05, 0.1) is 13.3 Å². The molecular formula is C22H30N4O3S. The number of aromatic nitrogens is 2. The van der Waals surface area contributed by atoms with Crippen LogP contribution in [0, 0.1) is 11.8 Å². The van der Waals surface area contributed by atoms with Crippen molar-refractivity contribution in [1.29, 1.82) is 0 Å². The minimum absolute atomic E-state index is 0.307. The van der Waals surface area contributed by atoms with Gasteiger partial charge >= 0.3 is 0 Å². The Morgan fingerprint density at radius 1 is 1.10 bits per heavy atom. The van der Waals surface area contributed by atoms with Crippen LogP contribution in [0.2, 0.25) is 0 Å². The largest absolute Gasteiger partial charge is 0.497 e. The Morgan fingerprint density at radius 3 is 2.60 bits per heavy atom. The molecule has 0 unspecified atom stereocenters. The maximum absolute atomic E-state index is 13.2. The van der Waals surface area contributed by atoms with Crippen molar-refractivity contribution in [2.75, 3.05) is 26.7 Å². The number of sulfonamides is 1. The molecule has 3 saturated heterocycles. The number of hydrogen-bond acceptors (Lipinski definition) is 5. The zero-order valence-corrected chi connectivity index (χ0v) is 18.5. The second kappa shape index (κ2) is 7.66. The number of rotatable bonds is 4. The maximum atomic E-state index is 13.2. The molecule has 0 amide bonds. The molecule has 0 saturated carbocycles. The summed E-state index contributed by atoms with van der Waals surface area (Å²) in [5.41, 5.74) is 1.35. The Bertz CT molecular complexity index is 1000. The van der Waals surface area contributed by atoms with Gasteiger partial charge in [-0.25, -0.2) is 8.42 Å². The van der Waals surface area contributed by atoms with Crippen molar-refractivity contribution in [1.82, 2.24) is 19.0 Å². The lowest BCUT2D eigenvalue weighted by Gasteiger charge is -2.55. The fourth-order valence-corrected chi connectivity index (χ4v) is 7.38. The van der Waals surface area contributed by atoms with Gasteiger partial charge in [0.1, 0.15) is 10.6 Å². The van der Waals surface area contributed by atoms with E-state index in [1.54, 1.807) is 29.3 Å². The van der Waals surface area contributed by atoms with E-state index in [9.17, 15) is 8.42 Å². The van der Waals surface area contributed by atoms with E-state index in [2.05, 4.69) is 22.1 Å². The van der Waals surface area contributed by atoms with E-state index in [1.165, 1.54) is 24.6 Å². The fraction of sp³-hybridized carbons (Fsp3) is 0.591. The van der Waals surface area contributed by atoms with E-state index in [-0.39, 0.29) is 0 Å². The van der Waals surface area contributed by atoms with Crippen molar-refractivity contribution in [3.8, 4) is 5.75 Å².